The van der Waals surface area contributed by atoms with Crippen molar-refractivity contribution in [3.63, 3.8) is 0 Å². The SMILES string of the molecule is CCCNC1CS[C@@H](CCOC)C1. The lowest BCUT2D eigenvalue weighted by atomic mass is 10.1. The van der Waals surface area contributed by atoms with E-state index < -0.39 is 0 Å². The molecule has 0 bridgehead atoms. The molecule has 0 aromatic heterocycles. The van der Waals surface area contributed by atoms with Crippen molar-refractivity contribution in [2.75, 3.05) is 26.0 Å². The summed E-state index contributed by atoms with van der Waals surface area (Å²) in [6.07, 6.45) is 3.78. The molecule has 1 N–H and O–H groups in total. The molecule has 1 rings (SSSR count). The number of nitrogens with one attached hydrogen (secondary N) is 1. The Bertz CT molecular complexity index is 118. The molecule has 0 aromatic rings. The van der Waals surface area contributed by atoms with E-state index >= 15 is 0 Å². The first kappa shape index (κ1) is 11.3. The van der Waals surface area contributed by atoms with Crippen molar-refractivity contribution < 1.29 is 4.74 Å². The van der Waals surface area contributed by atoms with Gasteiger partial charge in [0.1, 0.15) is 0 Å². The van der Waals surface area contributed by atoms with Gasteiger partial charge in [-0.25, -0.2) is 0 Å². The van der Waals surface area contributed by atoms with Crippen molar-refractivity contribution in [3.05, 3.63) is 0 Å². The van der Waals surface area contributed by atoms with Gasteiger partial charge in [0.2, 0.25) is 0 Å². The standard InChI is InChI=1S/C10H21NOS/c1-3-5-11-9-7-10(13-8-9)4-6-12-2/h9-11H,3-8H2,1-2H3/t9?,10-/m0/s1. The van der Waals surface area contributed by atoms with Crippen molar-refractivity contribution in [3.8, 4) is 0 Å². The third-order valence-electron chi connectivity index (χ3n) is 2.41. The Morgan fingerprint density at radius 1 is 1.54 bits per heavy atom. The maximum Gasteiger partial charge on any atom is 0.0472 e. The molecule has 1 saturated heterocycles. The van der Waals surface area contributed by atoms with Crippen LogP contribution < -0.4 is 5.32 Å². The molecule has 0 aromatic carbocycles. The van der Waals surface area contributed by atoms with Crippen molar-refractivity contribution >= 4 is 11.8 Å². The topological polar surface area (TPSA) is 21.3 Å². The Labute approximate surface area is 85.8 Å². The van der Waals surface area contributed by atoms with Gasteiger partial charge in [0.25, 0.3) is 0 Å². The van der Waals surface area contributed by atoms with E-state index in [4.69, 9.17) is 4.74 Å². The molecule has 0 saturated carbocycles. The average molecular weight is 203 g/mol. The van der Waals surface area contributed by atoms with Crippen molar-refractivity contribution in [1.82, 2.24) is 5.32 Å². The van der Waals surface area contributed by atoms with Crippen LogP contribution in [0.3, 0.4) is 0 Å². The molecule has 1 aliphatic rings. The molecule has 1 aliphatic heterocycles. The van der Waals surface area contributed by atoms with Crippen LogP contribution in [0.5, 0.6) is 0 Å². The second-order valence-electron chi connectivity index (χ2n) is 3.62. The zero-order valence-electron chi connectivity index (χ0n) is 8.71. The van der Waals surface area contributed by atoms with E-state index in [2.05, 4.69) is 24.0 Å². The molecular weight excluding hydrogens is 182 g/mol. The number of ether oxygens (including phenoxy) is 1. The molecule has 0 amide bonds. The largest absolute Gasteiger partial charge is 0.385 e. The maximum absolute atomic E-state index is 5.09. The summed E-state index contributed by atoms with van der Waals surface area (Å²) in [6, 6.07) is 0.756. The highest BCUT2D eigenvalue weighted by Crippen LogP contribution is 2.29. The highest BCUT2D eigenvalue weighted by Gasteiger charge is 2.23. The first-order chi connectivity index (χ1) is 6.36. The van der Waals surface area contributed by atoms with Crippen LogP contribution in [0.1, 0.15) is 26.2 Å². The van der Waals surface area contributed by atoms with Gasteiger partial charge in [-0.05, 0) is 25.8 Å². The van der Waals surface area contributed by atoms with E-state index in [1.807, 2.05) is 0 Å². The quantitative estimate of drug-likeness (QED) is 0.712. The highest BCUT2D eigenvalue weighted by molar-refractivity contribution is 8.00. The lowest BCUT2D eigenvalue weighted by Gasteiger charge is -2.11. The fourth-order valence-electron chi connectivity index (χ4n) is 1.65. The first-order valence-electron chi connectivity index (χ1n) is 5.20. The van der Waals surface area contributed by atoms with Crippen LogP contribution in [0.2, 0.25) is 0 Å². The molecule has 0 aliphatic carbocycles. The molecule has 1 heterocycles. The minimum atomic E-state index is 0.756. The van der Waals surface area contributed by atoms with Gasteiger partial charge in [-0.2, -0.15) is 11.8 Å². The third kappa shape index (κ3) is 4.34. The predicted molar refractivity (Wildman–Crippen MR) is 59.4 cm³/mol. The fraction of sp³-hybridized carbons (Fsp3) is 1.00. The fourth-order valence-corrected chi connectivity index (χ4v) is 3.04. The van der Waals surface area contributed by atoms with Crippen LogP contribution in [0.25, 0.3) is 0 Å². The third-order valence-corrected chi connectivity index (χ3v) is 3.90. The Morgan fingerprint density at radius 3 is 3.08 bits per heavy atom. The zero-order valence-corrected chi connectivity index (χ0v) is 9.53. The van der Waals surface area contributed by atoms with E-state index in [0.29, 0.717) is 0 Å². The van der Waals surface area contributed by atoms with Crippen LogP contribution in [-0.2, 0) is 4.74 Å². The molecule has 1 unspecified atom stereocenters. The maximum atomic E-state index is 5.09. The lowest BCUT2D eigenvalue weighted by molar-refractivity contribution is 0.193. The second kappa shape index (κ2) is 6.68. The molecule has 1 fully saturated rings. The molecule has 3 heteroatoms. The average Bonchev–Trinajstić information content (AvgIpc) is 2.59. The number of methoxy groups -OCH3 is 1. The van der Waals surface area contributed by atoms with Gasteiger partial charge in [0.05, 0.1) is 0 Å². The Kier molecular flexibility index (Phi) is 5.83. The van der Waals surface area contributed by atoms with E-state index in [0.717, 1.165) is 17.9 Å². The van der Waals surface area contributed by atoms with Gasteiger partial charge in [-0.15, -0.1) is 0 Å². The summed E-state index contributed by atoms with van der Waals surface area (Å²) in [4.78, 5) is 0. The summed E-state index contributed by atoms with van der Waals surface area (Å²) >= 11 is 2.10. The minimum absolute atomic E-state index is 0.756. The van der Waals surface area contributed by atoms with E-state index in [1.54, 1.807) is 7.11 Å². The molecule has 0 radical (unpaired) electrons. The van der Waals surface area contributed by atoms with Gasteiger partial charge in [0.15, 0.2) is 0 Å². The lowest BCUT2D eigenvalue weighted by Crippen LogP contribution is -2.29. The molecule has 2 nitrogen and oxygen atoms in total. The van der Waals surface area contributed by atoms with E-state index in [9.17, 15) is 0 Å². The first-order valence-corrected chi connectivity index (χ1v) is 6.25. The molecular formula is C10H21NOS. The smallest absolute Gasteiger partial charge is 0.0472 e. The number of hydrogen-bond acceptors (Lipinski definition) is 3. The summed E-state index contributed by atoms with van der Waals surface area (Å²) in [7, 11) is 1.78. The van der Waals surface area contributed by atoms with Crippen LogP contribution in [-0.4, -0.2) is 37.3 Å². The second-order valence-corrected chi connectivity index (χ2v) is 4.96. The van der Waals surface area contributed by atoms with Crippen molar-refractivity contribution in [1.29, 1.82) is 0 Å². The normalized spacial score (nSPS) is 28.2. The van der Waals surface area contributed by atoms with Crippen LogP contribution in [0.15, 0.2) is 0 Å². The summed E-state index contributed by atoms with van der Waals surface area (Å²) < 4.78 is 5.09. The van der Waals surface area contributed by atoms with Gasteiger partial charge >= 0.3 is 0 Å². The van der Waals surface area contributed by atoms with E-state index in [1.165, 1.54) is 31.6 Å². The van der Waals surface area contributed by atoms with Crippen LogP contribution in [0.4, 0.5) is 0 Å². The number of thioether (sulfide) groups is 1. The van der Waals surface area contributed by atoms with Crippen LogP contribution in [0, 0.1) is 0 Å². The van der Waals surface area contributed by atoms with Crippen molar-refractivity contribution in [2.45, 2.75) is 37.5 Å². The Balaban J connectivity index is 2.05. The highest BCUT2D eigenvalue weighted by atomic mass is 32.2. The van der Waals surface area contributed by atoms with Crippen molar-refractivity contribution in [2.24, 2.45) is 0 Å². The van der Waals surface area contributed by atoms with Gasteiger partial charge < -0.3 is 10.1 Å². The van der Waals surface area contributed by atoms with Gasteiger partial charge in [0, 0.05) is 30.8 Å². The van der Waals surface area contributed by atoms with Gasteiger partial charge in [-0.3, -0.25) is 0 Å². The molecule has 2 atom stereocenters. The van der Waals surface area contributed by atoms with Crippen LogP contribution >= 0.6 is 11.8 Å². The monoisotopic (exact) mass is 203 g/mol. The molecule has 78 valence electrons. The predicted octanol–water partition coefficient (Wildman–Crippen LogP) is 1.90. The summed E-state index contributed by atoms with van der Waals surface area (Å²) in [5.74, 6) is 1.29. The van der Waals surface area contributed by atoms with Gasteiger partial charge in [-0.1, -0.05) is 6.92 Å². The molecule has 0 spiro atoms. The number of rotatable bonds is 6. The molecule has 13 heavy (non-hydrogen) atoms. The Morgan fingerprint density at radius 2 is 2.38 bits per heavy atom. The Hall–Kier alpha value is 0.270. The summed E-state index contributed by atoms with van der Waals surface area (Å²) in [6.45, 7) is 4.30. The minimum Gasteiger partial charge on any atom is -0.385 e. The van der Waals surface area contributed by atoms with E-state index in [-0.39, 0.29) is 0 Å². The number of hydrogen-bond donors (Lipinski definition) is 1. The summed E-state index contributed by atoms with van der Waals surface area (Å²) in [5.41, 5.74) is 0. The zero-order chi connectivity index (χ0) is 9.52. The summed E-state index contributed by atoms with van der Waals surface area (Å²) in [5, 5.41) is 4.40.